The number of para-hydroxylation sites is 1. The summed E-state index contributed by atoms with van der Waals surface area (Å²) in [5.41, 5.74) is 2.98. The zero-order valence-corrected chi connectivity index (χ0v) is 16.3. The molecule has 8 nitrogen and oxygen atoms in total. The van der Waals surface area contributed by atoms with E-state index in [2.05, 4.69) is 25.5 Å². The van der Waals surface area contributed by atoms with Gasteiger partial charge in [0.25, 0.3) is 0 Å². The van der Waals surface area contributed by atoms with Crippen molar-refractivity contribution in [1.29, 1.82) is 0 Å². The van der Waals surface area contributed by atoms with Crippen LogP contribution in [0.2, 0.25) is 0 Å². The van der Waals surface area contributed by atoms with Crippen molar-refractivity contribution in [1.82, 2.24) is 20.2 Å². The third-order valence-corrected chi connectivity index (χ3v) is 5.52. The van der Waals surface area contributed by atoms with Crippen LogP contribution in [0.1, 0.15) is 6.92 Å². The lowest BCUT2D eigenvalue weighted by Gasteiger charge is -2.19. The summed E-state index contributed by atoms with van der Waals surface area (Å²) in [4.78, 5) is 20.4. The van der Waals surface area contributed by atoms with Crippen molar-refractivity contribution in [2.75, 3.05) is 18.5 Å². The largest absolute Gasteiger partial charge is 0.486 e. The molecular weight excluding hydrogens is 390 g/mol. The van der Waals surface area contributed by atoms with Crippen molar-refractivity contribution in [3.05, 3.63) is 42.5 Å². The van der Waals surface area contributed by atoms with Crippen molar-refractivity contribution in [3.8, 4) is 11.5 Å². The Bertz CT molecular complexity index is 1230. The van der Waals surface area contributed by atoms with E-state index >= 15 is 0 Å². The fourth-order valence-electron chi connectivity index (χ4n) is 3.13. The normalized spacial score (nSPS) is 14.1. The van der Waals surface area contributed by atoms with Crippen molar-refractivity contribution >= 4 is 45.4 Å². The van der Waals surface area contributed by atoms with Crippen molar-refractivity contribution < 1.29 is 14.3 Å². The highest BCUT2D eigenvalue weighted by Gasteiger charge is 2.19. The second-order valence-electron chi connectivity index (χ2n) is 6.57. The molecule has 0 bridgehead atoms. The molecule has 9 heteroatoms. The molecule has 2 aromatic carbocycles. The van der Waals surface area contributed by atoms with E-state index in [-0.39, 0.29) is 5.91 Å². The third-order valence-electron chi connectivity index (χ3n) is 4.56. The second kappa shape index (κ2) is 7.25. The Morgan fingerprint density at radius 1 is 1.14 bits per heavy atom. The van der Waals surface area contributed by atoms with Crippen LogP contribution < -0.4 is 14.8 Å². The number of hydrogen-bond acceptors (Lipinski definition) is 7. The number of fused-ring (bicyclic) bond motifs is 4. The zero-order valence-electron chi connectivity index (χ0n) is 15.5. The number of rotatable bonds is 4. The van der Waals surface area contributed by atoms with E-state index in [1.807, 2.05) is 24.3 Å². The molecule has 1 unspecified atom stereocenters. The van der Waals surface area contributed by atoms with Gasteiger partial charge in [-0.1, -0.05) is 30.0 Å². The Labute approximate surface area is 170 Å². The van der Waals surface area contributed by atoms with Gasteiger partial charge in [-0.25, -0.2) is 4.98 Å². The Hall–Kier alpha value is -3.33. The maximum absolute atomic E-state index is 12.6. The number of H-pyrrole nitrogens is 1. The minimum Gasteiger partial charge on any atom is -0.486 e. The SMILES string of the molecule is CC(Sc1nnc2c(n1)[nH]c1ccccc12)C(=O)Nc1ccc2c(c1)OCCO2. The van der Waals surface area contributed by atoms with E-state index in [0.717, 1.165) is 16.4 Å². The Morgan fingerprint density at radius 3 is 2.86 bits per heavy atom. The first kappa shape index (κ1) is 17.7. The number of benzene rings is 2. The summed E-state index contributed by atoms with van der Waals surface area (Å²) in [6, 6.07) is 13.2. The molecule has 2 aromatic heterocycles. The van der Waals surface area contributed by atoms with Gasteiger partial charge in [0.15, 0.2) is 17.1 Å². The van der Waals surface area contributed by atoms with E-state index in [0.29, 0.717) is 41.2 Å². The van der Waals surface area contributed by atoms with Gasteiger partial charge in [0.2, 0.25) is 11.1 Å². The molecule has 1 atom stereocenters. The number of thioether (sulfide) groups is 1. The van der Waals surface area contributed by atoms with Gasteiger partial charge in [0.1, 0.15) is 18.7 Å². The average molecular weight is 407 g/mol. The van der Waals surface area contributed by atoms with Crippen LogP contribution in [0, 0.1) is 0 Å². The number of amides is 1. The van der Waals surface area contributed by atoms with Gasteiger partial charge in [0.05, 0.1) is 5.25 Å². The highest BCUT2D eigenvalue weighted by atomic mass is 32.2. The molecule has 0 fully saturated rings. The number of nitrogens with one attached hydrogen (secondary N) is 2. The summed E-state index contributed by atoms with van der Waals surface area (Å²) in [6.45, 7) is 2.83. The van der Waals surface area contributed by atoms with Crippen LogP contribution in [0.4, 0.5) is 5.69 Å². The number of anilines is 1. The van der Waals surface area contributed by atoms with Crippen LogP contribution in [0.5, 0.6) is 11.5 Å². The Morgan fingerprint density at radius 2 is 1.97 bits per heavy atom. The molecule has 0 spiro atoms. The number of hydrogen-bond donors (Lipinski definition) is 2. The lowest BCUT2D eigenvalue weighted by Crippen LogP contribution is -2.23. The molecule has 2 N–H and O–H groups in total. The maximum atomic E-state index is 12.6. The monoisotopic (exact) mass is 407 g/mol. The van der Waals surface area contributed by atoms with Gasteiger partial charge >= 0.3 is 0 Å². The number of ether oxygens (including phenoxy) is 2. The molecule has 29 heavy (non-hydrogen) atoms. The lowest BCUT2D eigenvalue weighted by molar-refractivity contribution is -0.115. The quantitative estimate of drug-likeness (QED) is 0.500. The van der Waals surface area contributed by atoms with Crippen LogP contribution in [-0.2, 0) is 4.79 Å². The lowest BCUT2D eigenvalue weighted by atomic mass is 10.2. The number of aromatic nitrogens is 4. The highest BCUT2D eigenvalue weighted by molar-refractivity contribution is 8.00. The second-order valence-corrected chi connectivity index (χ2v) is 7.88. The Kier molecular flexibility index (Phi) is 4.44. The molecule has 0 aliphatic carbocycles. The summed E-state index contributed by atoms with van der Waals surface area (Å²) >= 11 is 1.25. The van der Waals surface area contributed by atoms with Gasteiger partial charge in [0, 0.05) is 22.7 Å². The van der Waals surface area contributed by atoms with Gasteiger partial charge in [-0.3, -0.25) is 4.79 Å². The minimum atomic E-state index is -0.410. The first-order chi connectivity index (χ1) is 14.2. The number of carbonyl (C=O) groups is 1. The zero-order chi connectivity index (χ0) is 19.8. The average Bonchev–Trinajstić information content (AvgIpc) is 3.11. The molecule has 0 saturated carbocycles. The molecule has 0 saturated heterocycles. The fraction of sp³-hybridized carbons (Fsp3) is 0.200. The fourth-order valence-corrected chi connectivity index (χ4v) is 3.85. The van der Waals surface area contributed by atoms with Crippen LogP contribution in [0.25, 0.3) is 22.1 Å². The molecule has 146 valence electrons. The first-order valence-electron chi connectivity index (χ1n) is 9.16. The minimum absolute atomic E-state index is 0.160. The van der Waals surface area contributed by atoms with E-state index in [9.17, 15) is 4.79 Å². The van der Waals surface area contributed by atoms with Crippen LogP contribution in [-0.4, -0.2) is 44.5 Å². The molecular formula is C20H17N5O3S. The van der Waals surface area contributed by atoms with Gasteiger partial charge in [-0.05, 0) is 25.1 Å². The molecule has 1 aliphatic heterocycles. The van der Waals surface area contributed by atoms with Gasteiger partial charge in [-0.15, -0.1) is 10.2 Å². The van der Waals surface area contributed by atoms with Crippen LogP contribution in [0.3, 0.4) is 0 Å². The highest BCUT2D eigenvalue weighted by Crippen LogP contribution is 2.33. The number of aromatic amines is 1. The topological polar surface area (TPSA) is 102 Å². The van der Waals surface area contributed by atoms with E-state index in [4.69, 9.17) is 9.47 Å². The van der Waals surface area contributed by atoms with Crippen molar-refractivity contribution in [3.63, 3.8) is 0 Å². The molecule has 1 amide bonds. The summed E-state index contributed by atoms with van der Waals surface area (Å²) in [6.07, 6.45) is 0. The van der Waals surface area contributed by atoms with Crippen molar-refractivity contribution in [2.45, 2.75) is 17.3 Å². The number of carbonyl (C=O) groups excluding carboxylic acids is 1. The van der Waals surface area contributed by atoms with Gasteiger partial charge in [-0.2, -0.15) is 0 Å². The smallest absolute Gasteiger partial charge is 0.237 e. The van der Waals surface area contributed by atoms with E-state index < -0.39 is 5.25 Å². The summed E-state index contributed by atoms with van der Waals surface area (Å²) in [7, 11) is 0. The maximum Gasteiger partial charge on any atom is 0.237 e. The third kappa shape index (κ3) is 3.44. The summed E-state index contributed by atoms with van der Waals surface area (Å²) in [5, 5.41) is 12.4. The Balaban J connectivity index is 1.31. The summed E-state index contributed by atoms with van der Waals surface area (Å²) in [5.74, 6) is 1.15. The molecule has 3 heterocycles. The standard InChI is InChI=1S/C20H17N5O3S/c1-11(19(26)21-12-6-7-15-16(10-12)28-9-8-27-15)29-20-23-18-17(24-25-20)13-4-2-3-5-14(13)22-18/h2-7,10-11H,8-9H2,1H3,(H,21,26)(H,22,23,25). The van der Waals surface area contributed by atoms with Crippen LogP contribution >= 0.6 is 11.8 Å². The van der Waals surface area contributed by atoms with Crippen molar-refractivity contribution in [2.24, 2.45) is 0 Å². The number of nitrogens with zero attached hydrogens (tertiary/aromatic N) is 3. The first-order valence-corrected chi connectivity index (χ1v) is 10.0. The summed E-state index contributed by atoms with van der Waals surface area (Å²) < 4.78 is 11.1. The molecule has 1 aliphatic rings. The van der Waals surface area contributed by atoms with E-state index in [1.165, 1.54) is 11.8 Å². The van der Waals surface area contributed by atoms with Crippen LogP contribution in [0.15, 0.2) is 47.6 Å². The van der Waals surface area contributed by atoms with E-state index in [1.54, 1.807) is 25.1 Å². The van der Waals surface area contributed by atoms with Gasteiger partial charge < -0.3 is 19.8 Å². The molecule has 5 rings (SSSR count). The molecule has 4 aromatic rings. The molecule has 0 radical (unpaired) electrons. The predicted octanol–water partition coefficient (Wildman–Crippen LogP) is 3.40. The predicted molar refractivity (Wildman–Crippen MR) is 111 cm³/mol.